The summed E-state index contributed by atoms with van der Waals surface area (Å²) in [5.74, 6) is 0.749. The molecule has 26 heavy (non-hydrogen) atoms. The first kappa shape index (κ1) is 16.6. The van der Waals surface area contributed by atoms with Gasteiger partial charge in [0.25, 0.3) is 5.56 Å². The van der Waals surface area contributed by atoms with Gasteiger partial charge in [-0.25, -0.2) is 4.39 Å². The summed E-state index contributed by atoms with van der Waals surface area (Å²) in [6, 6.07) is 9.92. The minimum Gasteiger partial charge on any atom is -0.486 e. The number of hydrogen-bond acceptors (Lipinski definition) is 4. The quantitative estimate of drug-likeness (QED) is 0.776. The van der Waals surface area contributed by atoms with Crippen molar-refractivity contribution >= 4 is 10.9 Å². The molecule has 0 saturated carbocycles. The predicted octanol–water partition coefficient (Wildman–Crippen LogP) is 3.64. The summed E-state index contributed by atoms with van der Waals surface area (Å²) in [5, 5.41) is 0.689. The van der Waals surface area contributed by atoms with Crippen molar-refractivity contribution in [1.29, 1.82) is 0 Å². The van der Waals surface area contributed by atoms with Gasteiger partial charge in [0.15, 0.2) is 11.5 Å². The third kappa shape index (κ3) is 2.82. The number of aromatic nitrogens is 1. The maximum Gasteiger partial charge on any atom is 0.254 e. The zero-order chi connectivity index (χ0) is 18.1. The minimum atomic E-state index is -0.396. The van der Waals surface area contributed by atoms with Gasteiger partial charge in [0.1, 0.15) is 19.0 Å². The molecular formula is C20H18FNO4. The second kappa shape index (κ2) is 6.80. The average molecular weight is 355 g/mol. The van der Waals surface area contributed by atoms with Crippen LogP contribution in [-0.4, -0.2) is 24.8 Å². The number of rotatable bonds is 4. The lowest BCUT2D eigenvalue weighted by Gasteiger charge is -2.20. The van der Waals surface area contributed by atoms with E-state index in [1.165, 1.54) is 6.07 Å². The Kier molecular flexibility index (Phi) is 4.34. The Balaban J connectivity index is 2.06. The fourth-order valence-corrected chi connectivity index (χ4v) is 3.19. The molecule has 0 amide bonds. The standard InChI is InChI=1S/C20H18FNO4/c1-2-24-11-14-19(12-5-3-4-6-15(12)21)13-9-17-18(26-8-7-25-17)10-16(13)22-20(14)23/h3-6,9-10H,2,7-8,11H2,1H3,(H,22,23). The van der Waals surface area contributed by atoms with Gasteiger partial charge in [-0.15, -0.1) is 0 Å². The van der Waals surface area contributed by atoms with E-state index in [0.29, 0.717) is 58.9 Å². The largest absolute Gasteiger partial charge is 0.486 e. The van der Waals surface area contributed by atoms with E-state index < -0.39 is 5.82 Å². The van der Waals surface area contributed by atoms with E-state index in [0.717, 1.165) is 0 Å². The highest BCUT2D eigenvalue weighted by atomic mass is 19.1. The van der Waals surface area contributed by atoms with E-state index in [2.05, 4.69) is 4.98 Å². The smallest absolute Gasteiger partial charge is 0.254 e. The van der Waals surface area contributed by atoms with Crippen LogP contribution in [0.1, 0.15) is 12.5 Å². The van der Waals surface area contributed by atoms with Crippen LogP contribution < -0.4 is 15.0 Å². The van der Waals surface area contributed by atoms with Crippen LogP contribution in [0.25, 0.3) is 22.0 Å². The van der Waals surface area contributed by atoms with Crippen LogP contribution in [0.2, 0.25) is 0 Å². The number of benzene rings is 2. The fraction of sp³-hybridized carbons (Fsp3) is 0.250. The summed E-state index contributed by atoms with van der Waals surface area (Å²) in [6.07, 6.45) is 0. The minimum absolute atomic E-state index is 0.0971. The summed E-state index contributed by atoms with van der Waals surface area (Å²) >= 11 is 0. The molecule has 2 aromatic carbocycles. The highest BCUT2D eigenvalue weighted by Gasteiger charge is 2.21. The molecule has 1 aliphatic heterocycles. The van der Waals surface area contributed by atoms with Crippen molar-refractivity contribution in [3.63, 3.8) is 0 Å². The third-order valence-electron chi connectivity index (χ3n) is 4.37. The van der Waals surface area contributed by atoms with E-state index in [4.69, 9.17) is 14.2 Å². The molecule has 0 bridgehead atoms. The molecule has 134 valence electrons. The van der Waals surface area contributed by atoms with Gasteiger partial charge in [-0.3, -0.25) is 4.79 Å². The van der Waals surface area contributed by atoms with Crippen LogP contribution in [0, 0.1) is 5.82 Å². The van der Waals surface area contributed by atoms with E-state index in [1.54, 1.807) is 30.3 Å². The second-order valence-corrected chi connectivity index (χ2v) is 5.97. The SMILES string of the molecule is CCOCc1c(-c2ccccc2F)c2cc3c(cc2[nH]c1=O)OCCO3. The van der Waals surface area contributed by atoms with Crippen LogP contribution in [0.15, 0.2) is 41.2 Å². The Labute approximate surface area is 149 Å². The number of hydrogen-bond donors (Lipinski definition) is 1. The van der Waals surface area contributed by atoms with E-state index in [1.807, 2.05) is 6.92 Å². The maximum atomic E-state index is 14.6. The Morgan fingerprint density at radius 2 is 1.88 bits per heavy atom. The highest BCUT2D eigenvalue weighted by molar-refractivity contribution is 5.98. The predicted molar refractivity (Wildman–Crippen MR) is 96.3 cm³/mol. The van der Waals surface area contributed by atoms with Crippen molar-refractivity contribution in [2.45, 2.75) is 13.5 Å². The molecule has 4 rings (SSSR count). The lowest BCUT2D eigenvalue weighted by Crippen LogP contribution is -2.18. The van der Waals surface area contributed by atoms with Gasteiger partial charge in [-0.2, -0.15) is 0 Å². The number of ether oxygens (including phenoxy) is 3. The topological polar surface area (TPSA) is 60.6 Å². The zero-order valence-electron chi connectivity index (χ0n) is 14.3. The Hall–Kier alpha value is -2.86. The van der Waals surface area contributed by atoms with Crippen LogP contribution in [0.3, 0.4) is 0 Å². The first-order valence-electron chi connectivity index (χ1n) is 8.50. The van der Waals surface area contributed by atoms with Gasteiger partial charge in [0, 0.05) is 29.2 Å². The monoisotopic (exact) mass is 355 g/mol. The molecule has 3 aromatic rings. The normalized spacial score (nSPS) is 13.2. The number of H-pyrrole nitrogens is 1. The van der Waals surface area contributed by atoms with Crippen molar-refractivity contribution in [3.05, 3.63) is 58.1 Å². The molecule has 6 heteroatoms. The van der Waals surface area contributed by atoms with Gasteiger partial charge >= 0.3 is 0 Å². The summed E-state index contributed by atoms with van der Waals surface area (Å²) < 4.78 is 31.3. The van der Waals surface area contributed by atoms with Crippen molar-refractivity contribution in [3.8, 4) is 22.6 Å². The Morgan fingerprint density at radius 3 is 2.62 bits per heavy atom. The van der Waals surface area contributed by atoms with Crippen LogP contribution >= 0.6 is 0 Å². The molecule has 1 aliphatic rings. The fourth-order valence-electron chi connectivity index (χ4n) is 3.19. The molecule has 0 saturated heterocycles. The zero-order valence-corrected chi connectivity index (χ0v) is 14.3. The number of nitrogens with one attached hydrogen (secondary N) is 1. The average Bonchev–Trinajstić information content (AvgIpc) is 2.65. The lowest BCUT2D eigenvalue weighted by atomic mass is 9.95. The summed E-state index contributed by atoms with van der Waals surface area (Å²) in [5.41, 5.74) is 1.53. The van der Waals surface area contributed by atoms with E-state index in [9.17, 15) is 9.18 Å². The van der Waals surface area contributed by atoms with Gasteiger partial charge in [-0.1, -0.05) is 18.2 Å². The molecule has 0 atom stereocenters. The highest BCUT2D eigenvalue weighted by Crippen LogP contribution is 2.39. The number of aromatic amines is 1. The third-order valence-corrected chi connectivity index (χ3v) is 4.37. The number of fused-ring (bicyclic) bond motifs is 2. The van der Waals surface area contributed by atoms with E-state index in [-0.39, 0.29) is 12.2 Å². The molecule has 0 aliphatic carbocycles. The molecule has 0 unspecified atom stereocenters. The van der Waals surface area contributed by atoms with Gasteiger partial charge in [-0.05, 0) is 19.1 Å². The van der Waals surface area contributed by atoms with Gasteiger partial charge < -0.3 is 19.2 Å². The van der Waals surface area contributed by atoms with Crippen molar-refractivity contribution in [2.75, 3.05) is 19.8 Å². The van der Waals surface area contributed by atoms with Crippen LogP contribution in [0.4, 0.5) is 4.39 Å². The van der Waals surface area contributed by atoms with Crippen molar-refractivity contribution in [1.82, 2.24) is 4.98 Å². The number of halogens is 1. The van der Waals surface area contributed by atoms with Crippen molar-refractivity contribution < 1.29 is 18.6 Å². The first-order valence-corrected chi connectivity index (χ1v) is 8.50. The summed E-state index contributed by atoms with van der Waals surface area (Å²) in [4.78, 5) is 15.5. The maximum absolute atomic E-state index is 14.6. The van der Waals surface area contributed by atoms with Crippen molar-refractivity contribution in [2.24, 2.45) is 0 Å². The van der Waals surface area contributed by atoms with Gasteiger partial charge in [0.2, 0.25) is 0 Å². The Morgan fingerprint density at radius 1 is 1.15 bits per heavy atom. The molecule has 1 N–H and O–H groups in total. The molecule has 5 nitrogen and oxygen atoms in total. The molecular weight excluding hydrogens is 337 g/mol. The van der Waals surface area contributed by atoms with E-state index >= 15 is 0 Å². The first-order chi connectivity index (χ1) is 12.7. The van der Waals surface area contributed by atoms with Gasteiger partial charge in [0.05, 0.1) is 17.7 Å². The molecule has 1 aromatic heterocycles. The van der Waals surface area contributed by atoms with Crippen LogP contribution in [0.5, 0.6) is 11.5 Å². The Bertz CT molecular complexity index is 1030. The van der Waals surface area contributed by atoms with Crippen LogP contribution in [-0.2, 0) is 11.3 Å². The summed E-state index contributed by atoms with van der Waals surface area (Å²) in [7, 11) is 0. The summed E-state index contributed by atoms with van der Waals surface area (Å²) in [6.45, 7) is 3.29. The molecule has 2 heterocycles. The molecule has 0 spiro atoms. The number of pyridine rings is 1. The molecule has 0 radical (unpaired) electrons. The lowest BCUT2D eigenvalue weighted by molar-refractivity contribution is 0.133. The second-order valence-electron chi connectivity index (χ2n) is 5.97. The molecule has 0 fully saturated rings.